The Kier molecular flexibility index (Phi) is 10.2. The van der Waals surface area contributed by atoms with Crippen LogP contribution >= 0.6 is 17.0 Å². The van der Waals surface area contributed by atoms with E-state index in [9.17, 15) is 0 Å². The van der Waals surface area contributed by atoms with Gasteiger partial charge in [-0.2, -0.15) is 35.5 Å². The molecule has 0 aromatic heterocycles. The molecule has 4 heteroatoms. The summed E-state index contributed by atoms with van der Waals surface area (Å²) >= 11 is -0.826. The van der Waals surface area contributed by atoms with E-state index in [2.05, 4.69) is 126 Å². The molecule has 39 heavy (non-hydrogen) atoms. The molecule has 196 valence electrons. The standard InChI is InChI=1S/C23H27.C12H7Si.2ClH.Zr/c1-7-17-8-9-18-13-20(23(4,5)6)14-21(18)22(17)19-11-15(2)10-16(3)12-19;1-3-7-11-9(5-1)10-6-2-4-8-12(10)13-11;;;/h8-14H,7H2,1-6H3;1-7H;2*1H;/q2*-1;;;+4/p-2. The Hall–Kier alpha value is -1.83. The maximum absolute atomic E-state index is 4.93. The van der Waals surface area contributed by atoms with Crippen molar-refractivity contribution in [3.8, 4) is 22.3 Å². The van der Waals surface area contributed by atoms with E-state index in [0.717, 1.165) is 15.9 Å². The van der Waals surface area contributed by atoms with Crippen LogP contribution in [0.3, 0.4) is 0 Å². The van der Waals surface area contributed by atoms with Crippen LogP contribution in [0.15, 0.2) is 84.9 Å². The molecule has 0 amide bonds. The van der Waals surface area contributed by atoms with Crippen molar-refractivity contribution in [2.75, 3.05) is 0 Å². The molecule has 2 radical (unpaired) electrons. The first-order valence-electron chi connectivity index (χ1n) is 13.3. The molecule has 5 aromatic carbocycles. The average molecular weight is 645 g/mol. The van der Waals surface area contributed by atoms with E-state index in [4.69, 9.17) is 17.0 Å². The zero-order chi connectivity index (χ0) is 28.2. The van der Waals surface area contributed by atoms with Gasteiger partial charge in [-0.15, -0.1) is 40.1 Å². The summed E-state index contributed by atoms with van der Waals surface area (Å²) in [4.78, 5) is 0. The van der Waals surface area contributed by atoms with Gasteiger partial charge in [0.2, 0.25) is 0 Å². The Morgan fingerprint density at radius 3 is 2.21 bits per heavy atom. The first-order chi connectivity index (χ1) is 18.7. The third-order valence-corrected chi connectivity index (χ3v) is 8.44. The van der Waals surface area contributed by atoms with Gasteiger partial charge in [-0.1, -0.05) is 103 Å². The van der Waals surface area contributed by atoms with E-state index in [-0.39, 0.29) is 5.41 Å². The van der Waals surface area contributed by atoms with Crippen LogP contribution in [0.25, 0.3) is 33.0 Å². The molecule has 0 spiro atoms. The van der Waals surface area contributed by atoms with Gasteiger partial charge in [-0.25, -0.2) is 0 Å². The molecule has 0 unspecified atom stereocenters. The second kappa shape index (κ2) is 13.2. The fourth-order valence-electron chi connectivity index (χ4n) is 5.24. The topological polar surface area (TPSA) is 0 Å². The molecule has 0 N–H and O–H groups in total. The number of hydrogen-bond donors (Lipinski definition) is 0. The predicted octanol–water partition coefficient (Wildman–Crippen LogP) is 9.20. The van der Waals surface area contributed by atoms with Crippen molar-refractivity contribution in [2.45, 2.75) is 53.4 Å². The summed E-state index contributed by atoms with van der Waals surface area (Å²) in [5, 5.41) is 5.59. The fraction of sp³-hybridized carbons (Fsp3) is 0.229. The number of halogens is 2. The van der Waals surface area contributed by atoms with Gasteiger partial charge >= 0.3 is 37.9 Å². The Bertz CT molecular complexity index is 1510. The quantitative estimate of drug-likeness (QED) is 0.130. The third kappa shape index (κ3) is 7.09. The third-order valence-electron chi connectivity index (χ3n) is 7.07. The molecular formula is C35H34Cl2SiZr. The maximum Gasteiger partial charge on any atom is 0.0920 e. The fourth-order valence-corrected chi connectivity index (χ4v) is 6.55. The smallest absolute Gasteiger partial charge is 0.0920 e. The van der Waals surface area contributed by atoms with E-state index in [1.54, 1.807) is 0 Å². The molecule has 0 bridgehead atoms. The van der Waals surface area contributed by atoms with Crippen LogP contribution in [0.5, 0.6) is 0 Å². The minimum absolute atomic E-state index is 0.186. The molecule has 1 heterocycles. The van der Waals surface area contributed by atoms with E-state index in [1.165, 1.54) is 65.7 Å². The number of aryl methyl sites for hydroxylation is 3. The zero-order valence-corrected chi connectivity index (χ0v) is 28.5. The normalized spacial score (nSPS) is 11.5. The summed E-state index contributed by atoms with van der Waals surface area (Å²) in [6.07, 6.45) is 1.06. The summed E-state index contributed by atoms with van der Waals surface area (Å²) in [7, 11) is 10.7. The predicted molar refractivity (Wildman–Crippen MR) is 170 cm³/mol. The van der Waals surface area contributed by atoms with Gasteiger partial charge in [-0.05, 0) is 31.2 Å². The van der Waals surface area contributed by atoms with Crippen molar-refractivity contribution >= 4 is 47.7 Å². The first kappa shape index (κ1) is 30.1. The number of fused-ring (bicyclic) bond motifs is 4. The second-order valence-electron chi connectivity index (χ2n) is 11.0. The minimum atomic E-state index is -0.826. The van der Waals surface area contributed by atoms with E-state index < -0.39 is 20.8 Å². The molecule has 1 aliphatic rings. The van der Waals surface area contributed by atoms with E-state index in [0.29, 0.717) is 0 Å². The molecule has 0 atom stereocenters. The number of hydrogen-bond acceptors (Lipinski definition) is 0. The first-order valence-corrected chi connectivity index (χ1v) is 20.6. The van der Waals surface area contributed by atoms with Crippen LogP contribution in [0.4, 0.5) is 0 Å². The largest absolute Gasteiger partial charge is 0.184 e. The molecule has 0 saturated heterocycles. The van der Waals surface area contributed by atoms with Gasteiger partial charge in [0, 0.05) is 0 Å². The molecule has 1 aliphatic heterocycles. The van der Waals surface area contributed by atoms with Crippen molar-refractivity contribution in [1.29, 1.82) is 0 Å². The van der Waals surface area contributed by atoms with Crippen molar-refractivity contribution in [3.05, 3.63) is 113 Å². The van der Waals surface area contributed by atoms with Crippen LogP contribution in [-0.4, -0.2) is 9.52 Å². The van der Waals surface area contributed by atoms with E-state index >= 15 is 0 Å². The number of benzene rings is 4. The van der Waals surface area contributed by atoms with Crippen molar-refractivity contribution in [3.63, 3.8) is 0 Å². The Balaban J connectivity index is 0.000000184. The Morgan fingerprint density at radius 2 is 1.54 bits per heavy atom. The monoisotopic (exact) mass is 642 g/mol. The maximum atomic E-state index is 4.93. The summed E-state index contributed by atoms with van der Waals surface area (Å²) in [6.45, 7) is 13.5. The SMILES string of the molecule is CCc1ccc2[cH-]c(C(C)(C)C)cc2c1-c1cc(C)cc(C)c1.[Cl][Zr+2][Cl].[c-]1cccc2c1[Si]c1ccccc1-2. The Labute approximate surface area is 255 Å². The molecule has 6 rings (SSSR count). The molecule has 0 fully saturated rings. The second-order valence-corrected chi connectivity index (χ2v) is 16.0. The van der Waals surface area contributed by atoms with Gasteiger partial charge in [0.25, 0.3) is 0 Å². The van der Waals surface area contributed by atoms with Crippen LogP contribution in [0, 0.1) is 19.9 Å². The Morgan fingerprint density at radius 1 is 0.872 bits per heavy atom. The van der Waals surface area contributed by atoms with Crippen LogP contribution < -0.4 is 10.4 Å². The zero-order valence-electron chi connectivity index (χ0n) is 23.5. The summed E-state index contributed by atoms with van der Waals surface area (Å²) in [6, 6.07) is 34.4. The molecule has 0 saturated carbocycles. The van der Waals surface area contributed by atoms with Crippen molar-refractivity contribution in [1.82, 2.24) is 0 Å². The van der Waals surface area contributed by atoms with Gasteiger partial charge < -0.3 is 0 Å². The van der Waals surface area contributed by atoms with Gasteiger partial charge in [0.15, 0.2) is 0 Å². The van der Waals surface area contributed by atoms with Gasteiger partial charge in [0.05, 0.1) is 9.52 Å². The van der Waals surface area contributed by atoms with Crippen LogP contribution in [0.2, 0.25) is 0 Å². The molecular weight excluding hydrogens is 611 g/mol. The number of rotatable bonds is 2. The molecule has 0 aliphatic carbocycles. The minimum Gasteiger partial charge on any atom is -0.184 e. The van der Waals surface area contributed by atoms with Crippen molar-refractivity contribution in [2.24, 2.45) is 0 Å². The molecule has 0 nitrogen and oxygen atoms in total. The van der Waals surface area contributed by atoms with Crippen LogP contribution in [0.1, 0.15) is 49.9 Å². The summed E-state index contributed by atoms with van der Waals surface area (Å²) in [5.74, 6) is 0. The van der Waals surface area contributed by atoms with E-state index in [1.807, 2.05) is 6.07 Å². The van der Waals surface area contributed by atoms with Gasteiger partial charge in [-0.3, -0.25) is 0 Å². The van der Waals surface area contributed by atoms with Crippen LogP contribution in [-0.2, 0) is 32.7 Å². The van der Waals surface area contributed by atoms with Gasteiger partial charge in [0.1, 0.15) is 0 Å². The average Bonchev–Trinajstić information content (AvgIpc) is 3.50. The molecule has 5 aromatic rings. The summed E-state index contributed by atoms with van der Waals surface area (Å²) in [5.41, 5.74) is 11.3. The van der Waals surface area contributed by atoms with Crippen molar-refractivity contribution < 1.29 is 20.8 Å². The summed E-state index contributed by atoms with van der Waals surface area (Å²) < 4.78 is 0.